The van der Waals surface area contributed by atoms with E-state index >= 15 is 0 Å². The van der Waals surface area contributed by atoms with Crippen LogP contribution in [0.25, 0.3) is 11.1 Å². The second kappa shape index (κ2) is 7.82. The number of rotatable bonds is 5. The van der Waals surface area contributed by atoms with E-state index in [2.05, 4.69) is 4.72 Å². The standard InChI is InChI=1S/C24H26BNO4S/c1-23(2)24(3,4)30-25(29-23)19-15-16-22(21(17-19)18-11-7-5-8-12-18)26-31(27,28)20-13-9-6-10-14-20/h5-17,26H,1-4H3. The van der Waals surface area contributed by atoms with Crippen molar-refractivity contribution in [3.05, 3.63) is 78.9 Å². The molecule has 160 valence electrons. The lowest BCUT2D eigenvalue weighted by Gasteiger charge is -2.32. The molecule has 1 N–H and O–H groups in total. The third-order valence-electron chi connectivity index (χ3n) is 5.95. The third-order valence-corrected chi connectivity index (χ3v) is 7.33. The Morgan fingerprint density at radius 1 is 0.774 bits per heavy atom. The Morgan fingerprint density at radius 3 is 1.90 bits per heavy atom. The second-order valence-electron chi connectivity index (χ2n) is 8.68. The second-order valence-corrected chi connectivity index (χ2v) is 10.4. The van der Waals surface area contributed by atoms with Gasteiger partial charge in [0.05, 0.1) is 21.8 Å². The molecule has 0 saturated carbocycles. The molecule has 1 aliphatic rings. The van der Waals surface area contributed by atoms with Crippen molar-refractivity contribution in [2.75, 3.05) is 4.72 Å². The number of sulfonamides is 1. The topological polar surface area (TPSA) is 64.6 Å². The predicted molar refractivity (Wildman–Crippen MR) is 125 cm³/mol. The summed E-state index contributed by atoms with van der Waals surface area (Å²) in [6.07, 6.45) is 0. The molecule has 1 saturated heterocycles. The fourth-order valence-corrected chi connectivity index (χ4v) is 4.54. The van der Waals surface area contributed by atoms with E-state index in [0.717, 1.165) is 16.6 Å². The van der Waals surface area contributed by atoms with Gasteiger partial charge in [-0.15, -0.1) is 0 Å². The van der Waals surface area contributed by atoms with Crippen LogP contribution in [0.15, 0.2) is 83.8 Å². The van der Waals surface area contributed by atoms with Gasteiger partial charge in [0.15, 0.2) is 0 Å². The molecular formula is C24H26BNO4S. The van der Waals surface area contributed by atoms with Crippen molar-refractivity contribution in [1.29, 1.82) is 0 Å². The van der Waals surface area contributed by atoms with Crippen LogP contribution in [0.1, 0.15) is 27.7 Å². The number of hydrogen-bond acceptors (Lipinski definition) is 4. The zero-order valence-electron chi connectivity index (χ0n) is 18.1. The van der Waals surface area contributed by atoms with Crippen LogP contribution < -0.4 is 10.2 Å². The highest BCUT2D eigenvalue weighted by Gasteiger charge is 2.51. The smallest absolute Gasteiger partial charge is 0.399 e. The summed E-state index contributed by atoms with van der Waals surface area (Å²) in [5, 5.41) is 0. The molecule has 4 rings (SSSR count). The molecular weight excluding hydrogens is 409 g/mol. The SMILES string of the molecule is CC1(C)OB(c2ccc(NS(=O)(=O)c3ccccc3)c(-c3ccccc3)c2)OC1(C)C. The molecule has 0 amide bonds. The highest BCUT2D eigenvalue weighted by atomic mass is 32.2. The van der Waals surface area contributed by atoms with Gasteiger partial charge in [-0.25, -0.2) is 8.42 Å². The van der Waals surface area contributed by atoms with E-state index in [1.807, 2.05) is 70.2 Å². The zero-order valence-corrected chi connectivity index (χ0v) is 18.9. The van der Waals surface area contributed by atoms with E-state index in [-0.39, 0.29) is 4.90 Å². The monoisotopic (exact) mass is 435 g/mol. The first-order valence-electron chi connectivity index (χ1n) is 10.2. The molecule has 31 heavy (non-hydrogen) atoms. The predicted octanol–water partition coefficient (Wildman–Crippen LogP) is 4.45. The van der Waals surface area contributed by atoms with Crippen LogP contribution >= 0.6 is 0 Å². The molecule has 3 aromatic rings. The van der Waals surface area contributed by atoms with Gasteiger partial charge in [-0.2, -0.15) is 0 Å². The maximum Gasteiger partial charge on any atom is 0.494 e. The summed E-state index contributed by atoms with van der Waals surface area (Å²) in [4.78, 5) is 0.212. The summed E-state index contributed by atoms with van der Waals surface area (Å²) in [7, 11) is -4.26. The summed E-state index contributed by atoms with van der Waals surface area (Å²) in [5.41, 5.74) is 2.06. The lowest BCUT2D eigenvalue weighted by molar-refractivity contribution is 0.00578. The largest absolute Gasteiger partial charge is 0.494 e. The van der Waals surface area contributed by atoms with Gasteiger partial charge in [-0.3, -0.25) is 4.72 Å². The van der Waals surface area contributed by atoms with Crippen LogP contribution in [0.4, 0.5) is 5.69 Å². The Balaban J connectivity index is 1.75. The Labute approximate surface area is 184 Å². The molecule has 0 spiro atoms. The van der Waals surface area contributed by atoms with Crippen molar-refractivity contribution in [2.45, 2.75) is 43.8 Å². The highest BCUT2D eigenvalue weighted by molar-refractivity contribution is 7.92. The van der Waals surface area contributed by atoms with Gasteiger partial charge >= 0.3 is 7.12 Å². The quantitative estimate of drug-likeness (QED) is 0.602. The normalized spacial score (nSPS) is 17.5. The molecule has 7 heteroatoms. The van der Waals surface area contributed by atoms with E-state index in [1.54, 1.807) is 36.4 Å². The maximum atomic E-state index is 12.9. The van der Waals surface area contributed by atoms with Crippen LogP contribution in [-0.4, -0.2) is 26.7 Å². The van der Waals surface area contributed by atoms with Gasteiger partial charge in [-0.1, -0.05) is 60.7 Å². The fraction of sp³-hybridized carbons (Fsp3) is 0.250. The third kappa shape index (κ3) is 4.26. The zero-order chi connectivity index (χ0) is 22.3. The minimum atomic E-state index is -3.73. The van der Waals surface area contributed by atoms with Crippen molar-refractivity contribution in [2.24, 2.45) is 0 Å². The highest BCUT2D eigenvalue weighted by Crippen LogP contribution is 2.37. The minimum absolute atomic E-state index is 0.212. The molecule has 5 nitrogen and oxygen atoms in total. The van der Waals surface area contributed by atoms with Gasteiger partial charge in [0.2, 0.25) is 0 Å². The van der Waals surface area contributed by atoms with Crippen LogP contribution in [0.2, 0.25) is 0 Å². The van der Waals surface area contributed by atoms with Gasteiger partial charge in [0.25, 0.3) is 10.0 Å². The number of nitrogens with one attached hydrogen (secondary N) is 1. The first-order chi connectivity index (χ1) is 14.6. The average molecular weight is 435 g/mol. The van der Waals surface area contributed by atoms with Gasteiger partial charge in [0, 0.05) is 5.56 Å². The molecule has 0 bridgehead atoms. The fourth-order valence-electron chi connectivity index (χ4n) is 3.44. The Morgan fingerprint density at radius 2 is 1.32 bits per heavy atom. The number of hydrogen-bond donors (Lipinski definition) is 1. The molecule has 0 aromatic heterocycles. The number of benzene rings is 3. The number of anilines is 1. The first-order valence-corrected chi connectivity index (χ1v) is 11.7. The van der Waals surface area contributed by atoms with E-state index in [4.69, 9.17) is 9.31 Å². The van der Waals surface area contributed by atoms with Gasteiger partial charge in [0.1, 0.15) is 0 Å². The van der Waals surface area contributed by atoms with Crippen molar-refractivity contribution >= 4 is 28.3 Å². The van der Waals surface area contributed by atoms with E-state index < -0.39 is 28.3 Å². The molecule has 0 radical (unpaired) electrons. The Hall–Kier alpha value is -2.61. The summed E-state index contributed by atoms with van der Waals surface area (Å²) >= 11 is 0. The molecule has 3 aromatic carbocycles. The average Bonchev–Trinajstić information content (AvgIpc) is 2.96. The van der Waals surface area contributed by atoms with Crippen LogP contribution in [0, 0.1) is 0 Å². The van der Waals surface area contributed by atoms with Crippen LogP contribution in [0.3, 0.4) is 0 Å². The van der Waals surface area contributed by atoms with Crippen LogP contribution in [-0.2, 0) is 19.3 Å². The molecule has 0 aliphatic carbocycles. The molecule has 0 unspecified atom stereocenters. The molecule has 1 aliphatic heterocycles. The molecule has 1 fully saturated rings. The summed E-state index contributed by atoms with van der Waals surface area (Å²) in [5.74, 6) is 0. The Bertz CT molecular complexity index is 1160. The van der Waals surface area contributed by atoms with Crippen LogP contribution in [0.5, 0.6) is 0 Å². The molecule has 1 heterocycles. The van der Waals surface area contributed by atoms with Crippen molar-refractivity contribution in [1.82, 2.24) is 0 Å². The van der Waals surface area contributed by atoms with Crippen molar-refractivity contribution in [3.8, 4) is 11.1 Å². The maximum absolute atomic E-state index is 12.9. The van der Waals surface area contributed by atoms with E-state index in [1.165, 1.54) is 0 Å². The van der Waals surface area contributed by atoms with Crippen molar-refractivity contribution < 1.29 is 17.7 Å². The summed E-state index contributed by atoms with van der Waals surface area (Å²) in [6, 6.07) is 23.5. The van der Waals surface area contributed by atoms with E-state index in [0.29, 0.717) is 5.69 Å². The Kier molecular flexibility index (Phi) is 5.46. The van der Waals surface area contributed by atoms with E-state index in [9.17, 15) is 8.42 Å². The van der Waals surface area contributed by atoms with Gasteiger partial charge < -0.3 is 9.31 Å². The minimum Gasteiger partial charge on any atom is -0.399 e. The van der Waals surface area contributed by atoms with Gasteiger partial charge in [-0.05, 0) is 56.9 Å². The summed E-state index contributed by atoms with van der Waals surface area (Å²) < 4.78 is 41.0. The lowest BCUT2D eigenvalue weighted by atomic mass is 9.77. The molecule has 0 atom stereocenters. The lowest BCUT2D eigenvalue weighted by Crippen LogP contribution is -2.41. The van der Waals surface area contributed by atoms with Crippen molar-refractivity contribution in [3.63, 3.8) is 0 Å². The first kappa shape index (κ1) is 21.6. The summed E-state index contributed by atoms with van der Waals surface area (Å²) in [6.45, 7) is 8.03.